The molecule has 2 heterocycles. The van der Waals surface area contributed by atoms with Gasteiger partial charge in [-0.2, -0.15) is 0 Å². The van der Waals surface area contributed by atoms with E-state index >= 15 is 0 Å². The van der Waals surface area contributed by atoms with Gasteiger partial charge in [0, 0.05) is 23.6 Å². The summed E-state index contributed by atoms with van der Waals surface area (Å²) < 4.78 is 0. The van der Waals surface area contributed by atoms with Crippen LogP contribution in [0.4, 0.5) is 0 Å². The van der Waals surface area contributed by atoms with Gasteiger partial charge in [0.1, 0.15) is 0 Å². The number of aromatic nitrogens is 1. The van der Waals surface area contributed by atoms with E-state index in [1.54, 1.807) is 5.56 Å². The van der Waals surface area contributed by atoms with Crippen molar-refractivity contribution >= 4 is 10.9 Å². The third kappa shape index (κ3) is 5.45. The number of piperidine rings is 1. The molecule has 1 aromatic carbocycles. The van der Waals surface area contributed by atoms with E-state index in [0.29, 0.717) is 5.92 Å². The summed E-state index contributed by atoms with van der Waals surface area (Å²) in [6.45, 7) is 12.8. The van der Waals surface area contributed by atoms with Gasteiger partial charge in [-0.15, -0.1) is 0 Å². The van der Waals surface area contributed by atoms with Crippen LogP contribution >= 0.6 is 0 Å². The van der Waals surface area contributed by atoms with Crippen molar-refractivity contribution in [2.24, 2.45) is 23.7 Å². The zero-order valence-corrected chi connectivity index (χ0v) is 20.4. The maximum Gasteiger partial charge on any atom is 0.0487 e. The molecule has 2 aliphatic rings. The molecule has 2 nitrogen and oxygen atoms in total. The third-order valence-corrected chi connectivity index (χ3v) is 8.12. The minimum Gasteiger partial charge on any atom is -0.361 e. The van der Waals surface area contributed by atoms with Gasteiger partial charge in [0.05, 0.1) is 0 Å². The Morgan fingerprint density at radius 2 is 1.94 bits per heavy atom. The zero-order valence-electron chi connectivity index (χ0n) is 20.4. The van der Waals surface area contributed by atoms with Crippen LogP contribution in [0.15, 0.2) is 30.5 Å². The summed E-state index contributed by atoms with van der Waals surface area (Å²) in [7, 11) is 0. The van der Waals surface area contributed by atoms with Gasteiger partial charge >= 0.3 is 0 Å². The van der Waals surface area contributed by atoms with E-state index in [2.05, 4.69) is 68.1 Å². The molecule has 1 aliphatic carbocycles. The Labute approximate surface area is 190 Å². The summed E-state index contributed by atoms with van der Waals surface area (Å²) in [6, 6.07) is 4.69. The maximum atomic E-state index is 3.46. The number of likely N-dealkylation sites (tertiary alicyclic amines) is 1. The highest BCUT2D eigenvalue weighted by atomic mass is 15.1. The molecule has 0 spiro atoms. The van der Waals surface area contributed by atoms with Gasteiger partial charge in [-0.05, 0) is 105 Å². The van der Waals surface area contributed by atoms with Crippen molar-refractivity contribution in [3.63, 3.8) is 0 Å². The maximum absolute atomic E-state index is 3.46. The van der Waals surface area contributed by atoms with Gasteiger partial charge in [-0.25, -0.2) is 0 Å². The van der Waals surface area contributed by atoms with E-state index in [1.807, 2.05) is 0 Å². The van der Waals surface area contributed by atoms with E-state index in [0.717, 1.165) is 30.7 Å². The van der Waals surface area contributed by atoms with Crippen molar-refractivity contribution in [2.45, 2.75) is 85.6 Å². The molecule has 0 amide bonds. The topological polar surface area (TPSA) is 19.0 Å². The monoisotopic (exact) mass is 420 g/mol. The molecule has 2 heteroatoms. The quantitative estimate of drug-likeness (QED) is 0.413. The first-order valence-electron chi connectivity index (χ1n) is 13.0. The molecule has 2 unspecified atom stereocenters. The van der Waals surface area contributed by atoms with Crippen LogP contribution in [0.1, 0.15) is 82.4 Å². The lowest BCUT2D eigenvalue weighted by Gasteiger charge is -2.36. The highest BCUT2D eigenvalue weighted by Crippen LogP contribution is 2.40. The molecule has 2 fully saturated rings. The number of rotatable bonds is 9. The average Bonchev–Trinajstić information content (AvgIpc) is 3.24. The molecular formula is C29H44N2. The van der Waals surface area contributed by atoms with E-state index in [-0.39, 0.29) is 0 Å². The largest absolute Gasteiger partial charge is 0.361 e. The molecule has 31 heavy (non-hydrogen) atoms. The van der Waals surface area contributed by atoms with E-state index in [1.165, 1.54) is 80.1 Å². The molecule has 4 rings (SSSR count). The van der Waals surface area contributed by atoms with E-state index < -0.39 is 0 Å². The Morgan fingerprint density at radius 1 is 1.13 bits per heavy atom. The van der Waals surface area contributed by atoms with E-state index in [9.17, 15) is 0 Å². The minimum absolute atomic E-state index is 0.702. The van der Waals surface area contributed by atoms with Gasteiger partial charge in [-0.3, -0.25) is 4.90 Å². The number of benzene rings is 1. The van der Waals surface area contributed by atoms with Crippen LogP contribution < -0.4 is 0 Å². The van der Waals surface area contributed by atoms with Crippen molar-refractivity contribution in [2.75, 3.05) is 13.1 Å². The predicted octanol–water partition coefficient (Wildman–Crippen LogP) is 7.66. The minimum atomic E-state index is 0.702. The summed E-state index contributed by atoms with van der Waals surface area (Å²) in [5.41, 5.74) is 5.81. The first kappa shape index (κ1) is 22.6. The summed E-state index contributed by atoms with van der Waals surface area (Å²) in [5.74, 6) is 3.52. The number of nitrogens with one attached hydrogen (secondary N) is 1. The molecule has 0 radical (unpaired) electrons. The Bertz CT molecular complexity index is 866. The van der Waals surface area contributed by atoms with Crippen LogP contribution in [-0.2, 0) is 13.0 Å². The molecule has 0 bridgehead atoms. The number of allylic oxidation sites excluding steroid dienone is 2. The standard InChI is InChI=1S/C29H44N2/c1-5-24-19-22(4)29-27(13-16-30-29)28(24)20-31-17-14-23(15-18-31)7-6-8-25-11-12-26(25)10-9-21(2)3/h9-10,13,16,19,21,23,25-26,30H,5-8,11-12,14-15,17-18,20H2,1-4H3. The molecular weight excluding hydrogens is 376 g/mol. The highest BCUT2D eigenvalue weighted by molar-refractivity contribution is 5.87. The second-order valence-electron chi connectivity index (χ2n) is 10.7. The van der Waals surface area contributed by atoms with Gasteiger partial charge in [0.15, 0.2) is 0 Å². The Balaban J connectivity index is 1.23. The molecule has 1 saturated heterocycles. The van der Waals surface area contributed by atoms with Crippen LogP contribution in [0.25, 0.3) is 10.9 Å². The smallest absolute Gasteiger partial charge is 0.0487 e. The van der Waals surface area contributed by atoms with Gasteiger partial charge in [0.25, 0.3) is 0 Å². The average molecular weight is 421 g/mol. The summed E-state index contributed by atoms with van der Waals surface area (Å²) >= 11 is 0. The van der Waals surface area contributed by atoms with Crippen molar-refractivity contribution in [1.82, 2.24) is 9.88 Å². The summed E-state index contributed by atoms with van der Waals surface area (Å²) in [5, 5.41) is 1.44. The Morgan fingerprint density at radius 3 is 2.61 bits per heavy atom. The van der Waals surface area contributed by atoms with Crippen molar-refractivity contribution < 1.29 is 0 Å². The van der Waals surface area contributed by atoms with Crippen LogP contribution in [0.5, 0.6) is 0 Å². The Hall–Kier alpha value is -1.54. The van der Waals surface area contributed by atoms with Crippen molar-refractivity contribution in [3.8, 4) is 0 Å². The predicted molar refractivity (Wildman–Crippen MR) is 134 cm³/mol. The lowest BCUT2D eigenvalue weighted by molar-refractivity contribution is 0.160. The number of hydrogen-bond donors (Lipinski definition) is 1. The number of aromatic amines is 1. The first-order valence-corrected chi connectivity index (χ1v) is 13.0. The molecule has 2 atom stereocenters. The number of fused-ring (bicyclic) bond motifs is 1. The molecule has 1 saturated carbocycles. The van der Waals surface area contributed by atoms with Gasteiger partial charge in [-0.1, -0.05) is 51.8 Å². The normalized spacial score (nSPS) is 23.3. The number of H-pyrrole nitrogens is 1. The first-order chi connectivity index (χ1) is 15.0. The molecule has 1 N–H and O–H groups in total. The SMILES string of the molecule is CCc1cc(C)c2[nH]ccc2c1CN1CCC(CCCC2CCC2C=CC(C)C)CC1. The molecule has 1 aliphatic heterocycles. The van der Waals surface area contributed by atoms with Crippen molar-refractivity contribution in [3.05, 3.63) is 47.2 Å². The molecule has 170 valence electrons. The van der Waals surface area contributed by atoms with Crippen LogP contribution in [0.2, 0.25) is 0 Å². The van der Waals surface area contributed by atoms with E-state index in [4.69, 9.17) is 0 Å². The van der Waals surface area contributed by atoms with Crippen LogP contribution in [0, 0.1) is 30.6 Å². The molecule has 1 aromatic heterocycles. The third-order valence-electron chi connectivity index (χ3n) is 8.12. The number of hydrogen-bond acceptors (Lipinski definition) is 1. The van der Waals surface area contributed by atoms with Gasteiger partial charge in [0.2, 0.25) is 0 Å². The summed E-state index contributed by atoms with van der Waals surface area (Å²) in [4.78, 5) is 6.17. The van der Waals surface area contributed by atoms with Crippen LogP contribution in [0.3, 0.4) is 0 Å². The van der Waals surface area contributed by atoms with Crippen molar-refractivity contribution in [1.29, 1.82) is 0 Å². The lowest BCUT2D eigenvalue weighted by Crippen LogP contribution is -2.33. The zero-order chi connectivity index (χ0) is 21.8. The second kappa shape index (κ2) is 10.4. The Kier molecular flexibility index (Phi) is 7.59. The number of aryl methyl sites for hydroxylation is 2. The second-order valence-corrected chi connectivity index (χ2v) is 10.7. The summed E-state index contributed by atoms with van der Waals surface area (Å²) in [6.07, 6.45) is 18.2. The fourth-order valence-electron chi connectivity index (χ4n) is 5.94. The molecule has 2 aromatic rings. The van der Waals surface area contributed by atoms with Crippen LogP contribution in [-0.4, -0.2) is 23.0 Å². The fraction of sp³-hybridized carbons (Fsp3) is 0.655. The highest BCUT2D eigenvalue weighted by Gasteiger charge is 2.28. The lowest BCUT2D eigenvalue weighted by atomic mass is 9.70. The van der Waals surface area contributed by atoms with Gasteiger partial charge < -0.3 is 4.98 Å². The fourth-order valence-corrected chi connectivity index (χ4v) is 5.94. The number of nitrogens with zero attached hydrogens (tertiary/aromatic N) is 1.